The highest BCUT2D eigenvalue weighted by molar-refractivity contribution is 7.10. The molecular formula is C14H13ClN2O2S. The Morgan fingerprint density at radius 3 is 3.05 bits per heavy atom. The standard InChI is InChI=1S/C14H13ClN2O2S/c15-12-2-1-10(7-13(12)17(18)19)8-16-5-3-14-11(9-16)4-6-20-14/h1-2,4,6-7H,3,5,8-9H2. The highest BCUT2D eigenvalue weighted by atomic mass is 35.5. The van der Waals surface area contributed by atoms with Gasteiger partial charge in [-0.2, -0.15) is 0 Å². The van der Waals surface area contributed by atoms with E-state index >= 15 is 0 Å². The molecule has 6 heteroatoms. The van der Waals surface area contributed by atoms with Crippen LogP contribution in [0.5, 0.6) is 0 Å². The van der Waals surface area contributed by atoms with Crippen LogP contribution in [0.1, 0.15) is 16.0 Å². The zero-order valence-electron chi connectivity index (χ0n) is 10.7. The number of hydrogen-bond donors (Lipinski definition) is 0. The van der Waals surface area contributed by atoms with Gasteiger partial charge in [0.05, 0.1) is 4.92 Å². The van der Waals surface area contributed by atoms with Gasteiger partial charge in [-0.1, -0.05) is 17.7 Å². The number of nitrogens with zero attached hydrogens (tertiary/aromatic N) is 2. The number of nitro benzene ring substituents is 1. The van der Waals surface area contributed by atoms with Gasteiger partial charge in [-0.25, -0.2) is 0 Å². The van der Waals surface area contributed by atoms with Crippen molar-refractivity contribution in [1.29, 1.82) is 0 Å². The molecule has 1 aromatic carbocycles. The summed E-state index contributed by atoms with van der Waals surface area (Å²) in [7, 11) is 0. The monoisotopic (exact) mass is 308 g/mol. The van der Waals surface area contributed by atoms with Gasteiger partial charge < -0.3 is 0 Å². The van der Waals surface area contributed by atoms with Crippen molar-refractivity contribution in [2.45, 2.75) is 19.5 Å². The van der Waals surface area contributed by atoms with Gasteiger partial charge in [0.15, 0.2) is 0 Å². The van der Waals surface area contributed by atoms with Gasteiger partial charge in [0.25, 0.3) is 5.69 Å². The molecule has 0 fully saturated rings. The van der Waals surface area contributed by atoms with Gasteiger partial charge in [-0.3, -0.25) is 15.0 Å². The molecule has 0 N–H and O–H groups in total. The molecule has 1 aliphatic rings. The second-order valence-corrected chi connectivity index (χ2v) is 6.28. The zero-order valence-corrected chi connectivity index (χ0v) is 12.3. The van der Waals surface area contributed by atoms with E-state index in [0.29, 0.717) is 6.54 Å². The van der Waals surface area contributed by atoms with Crippen molar-refractivity contribution in [1.82, 2.24) is 4.90 Å². The smallest absolute Gasteiger partial charge is 0.288 e. The molecule has 2 aromatic rings. The topological polar surface area (TPSA) is 46.4 Å². The lowest BCUT2D eigenvalue weighted by molar-refractivity contribution is -0.384. The Hall–Kier alpha value is -1.43. The van der Waals surface area contributed by atoms with Crippen molar-refractivity contribution in [3.8, 4) is 0 Å². The molecule has 4 nitrogen and oxygen atoms in total. The number of halogens is 1. The summed E-state index contributed by atoms with van der Waals surface area (Å²) in [6, 6.07) is 7.20. The lowest BCUT2D eigenvalue weighted by atomic mass is 10.1. The van der Waals surface area contributed by atoms with E-state index in [9.17, 15) is 10.1 Å². The first-order valence-electron chi connectivity index (χ1n) is 6.34. The summed E-state index contributed by atoms with van der Waals surface area (Å²) in [5, 5.41) is 13.2. The van der Waals surface area contributed by atoms with Crippen molar-refractivity contribution >= 4 is 28.6 Å². The molecule has 0 unspecified atom stereocenters. The second kappa shape index (κ2) is 5.52. The molecular weight excluding hydrogens is 296 g/mol. The summed E-state index contributed by atoms with van der Waals surface area (Å²) in [5.41, 5.74) is 2.29. The minimum Gasteiger partial charge on any atom is -0.294 e. The van der Waals surface area contributed by atoms with Crippen LogP contribution in [0.4, 0.5) is 5.69 Å². The van der Waals surface area contributed by atoms with E-state index in [1.807, 2.05) is 17.4 Å². The van der Waals surface area contributed by atoms with E-state index in [4.69, 9.17) is 11.6 Å². The van der Waals surface area contributed by atoms with Crippen LogP contribution < -0.4 is 0 Å². The first-order chi connectivity index (χ1) is 9.63. The number of benzene rings is 1. The van der Waals surface area contributed by atoms with Gasteiger partial charge in [-0.05, 0) is 35.1 Å². The SMILES string of the molecule is O=[N+]([O-])c1cc(CN2CCc3sccc3C2)ccc1Cl. The Balaban J connectivity index is 1.76. The molecule has 0 atom stereocenters. The first-order valence-corrected chi connectivity index (χ1v) is 7.59. The lowest BCUT2D eigenvalue weighted by Gasteiger charge is -2.26. The number of fused-ring (bicyclic) bond motifs is 1. The average Bonchev–Trinajstić information content (AvgIpc) is 2.88. The van der Waals surface area contributed by atoms with E-state index in [1.54, 1.807) is 12.1 Å². The van der Waals surface area contributed by atoms with Crippen LogP contribution in [0.15, 0.2) is 29.6 Å². The van der Waals surface area contributed by atoms with Crippen LogP contribution in [-0.2, 0) is 19.5 Å². The molecule has 20 heavy (non-hydrogen) atoms. The quantitative estimate of drug-likeness (QED) is 0.639. The summed E-state index contributed by atoms with van der Waals surface area (Å²) in [5.74, 6) is 0. The van der Waals surface area contributed by atoms with Gasteiger partial charge in [0.2, 0.25) is 0 Å². The van der Waals surface area contributed by atoms with Crippen LogP contribution in [0.2, 0.25) is 5.02 Å². The molecule has 0 saturated heterocycles. The fraction of sp³-hybridized carbons (Fsp3) is 0.286. The molecule has 0 saturated carbocycles. The lowest BCUT2D eigenvalue weighted by Crippen LogP contribution is -2.29. The Labute approximate surface area is 125 Å². The largest absolute Gasteiger partial charge is 0.294 e. The van der Waals surface area contributed by atoms with Gasteiger partial charge in [-0.15, -0.1) is 11.3 Å². The van der Waals surface area contributed by atoms with Gasteiger partial charge in [0, 0.05) is 30.6 Å². The van der Waals surface area contributed by atoms with Crippen molar-refractivity contribution in [2.75, 3.05) is 6.54 Å². The van der Waals surface area contributed by atoms with Crippen LogP contribution in [0, 0.1) is 10.1 Å². The molecule has 0 radical (unpaired) electrons. The Morgan fingerprint density at radius 2 is 2.25 bits per heavy atom. The number of rotatable bonds is 3. The maximum absolute atomic E-state index is 10.9. The third kappa shape index (κ3) is 2.70. The first kappa shape index (κ1) is 13.5. The van der Waals surface area contributed by atoms with E-state index in [2.05, 4.69) is 16.3 Å². The Morgan fingerprint density at radius 1 is 1.40 bits per heavy atom. The number of thiophene rings is 1. The molecule has 1 aromatic heterocycles. The van der Waals surface area contributed by atoms with Crippen LogP contribution in [-0.4, -0.2) is 16.4 Å². The summed E-state index contributed by atoms with van der Waals surface area (Å²) in [6.07, 6.45) is 1.06. The van der Waals surface area contributed by atoms with E-state index < -0.39 is 4.92 Å². The van der Waals surface area contributed by atoms with E-state index in [0.717, 1.165) is 25.1 Å². The highest BCUT2D eigenvalue weighted by Crippen LogP contribution is 2.28. The molecule has 1 aliphatic heterocycles. The third-order valence-corrected chi connectivity index (χ3v) is 4.84. The molecule has 0 spiro atoms. The molecule has 104 valence electrons. The molecule has 0 amide bonds. The number of nitro groups is 1. The average molecular weight is 309 g/mol. The Bertz CT molecular complexity index is 656. The summed E-state index contributed by atoms with van der Waals surface area (Å²) in [6.45, 7) is 2.62. The predicted octanol–water partition coefficient (Wildman–Crippen LogP) is 3.87. The molecule has 0 bridgehead atoms. The van der Waals surface area contributed by atoms with Crippen molar-refractivity contribution in [3.63, 3.8) is 0 Å². The van der Waals surface area contributed by atoms with Crippen molar-refractivity contribution in [3.05, 3.63) is 60.8 Å². The Kier molecular flexibility index (Phi) is 3.74. The minimum atomic E-state index is -0.432. The van der Waals surface area contributed by atoms with Crippen LogP contribution in [0.25, 0.3) is 0 Å². The highest BCUT2D eigenvalue weighted by Gasteiger charge is 2.19. The maximum atomic E-state index is 10.9. The normalized spacial score (nSPS) is 15.1. The summed E-state index contributed by atoms with van der Waals surface area (Å²) < 4.78 is 0. The second-order valence-electron chi connectivity index (χ2n) is 4.87. The van der Waals surface area contributed by atoms with Gasteiger partial charge in [0.1, 0.15) is 5.02 Å². The minimum absolute atomic E-state index is 0.0163. The van der Waals surface area contributed by atoms with Crippen LogP contribution >= 0.6 is 22.9 Å². The summed E-state index contributed by atoms with van der Waals surface area (Å²) >= 11 is 7.64. The molecule has 3 rings (SSSR count). The van der Waals surface area contributed by atoms with Gasteiger partial charge >= 0.3 is 0 Å². The maximum Gasteiger partial charge on any atom is 0.288 e. The number of hydrogen-bond acceptors (Lipinski definition) is 4. The molecule has 2 heterocycles. The molecule has 0 aliphatic carbocycles. The predicted molar refractivity (Wildman–Crippen MR) is 80.2 cm³/mol. The zero-order chi connectivity index (χ0) is 14.1. The van der Waals surface area contributed by atoms with Crippen LogP contribution in [0.3, 0.4) is 0 Å². The van der Waals surface area contributed by atoms with E-state index in [1.165, 1.54) is 10.4 Å². The fourth-order valence-electron chi connectivity index (χ4n) is 2.50. The summed E-state index contributed by atoms with van der Waals surface area (Å²) in [4.78, 5) is 14.2. The third-order valence-electron chi connectivity index (χ3n) is 3.50. The fourth-order valence-corrected chi connectivity index (χ4v) is 3.57. The van der Waals surface area contributed by atoms with Crippen molar-refractivity contribution < 1.29 is 4.92 Å². The van der Waals surface area contributed by atoms with Crippen molar-refractivity contribution in [2.24, 2.45) is 0 Å². The van der Waals surface area contributed by atoms with E-state index in [-0.39, 0.29) is 10.7 Å².